The second-order valence-corrected chi connectivity index (χ2v) is 8.03. The van der Waals surface area contributed by atoms with Gasteiger partial charge in [-0.25, -0.2) is 4.98 Å². The molecular weight excluding hydrogens is 438 g/mol. The van der Waals surface area contributed by atoms with Crippen LogP contribution in [0.5, 0.6) is 11.5 Å². The lowest BCUT2D eigenvalue weighted by Crippen LogP contribution is -2.24. The highest BCUT2D eigenvalue weighted by Gasteiger charge is 2.12. The Bertz CT molecular complexity index is 1200. The molecule has 0 saturated carbocycles. The van der Waals surface area contributed by atoms with Crippen LogP contribution in [-0.4, -0.2) is 29.2 Å². The lowest BCUT2D eigenvalue weighted by molar-refractivity contribution is 0.0949. The van der Waals surface area contributed by atoms with Crippen LogP contribution in [0.15, 0.2) is 72.8 Å². The summed E-state index contributed by atoms with van der Waals surface area (Å²) >= 11 is 5.91. The zero-order valence-corrected chi connectivity index (χ0v) is 19.2. The van der Waals surface area contributed by atoms with Crippen LogP contribution in [0.3, 0.4) is 0 Å². The van der Waals surface area contributed by atoms with Crippen molar-refractivity contribution >= 4 is 28.5 Å². The first-order chi connectivity index (χ1) is 16.1. The molecule has 0 aliphatic heterocycles. The van der Waals surface area contributed by atoms with Gasteiger partial charge in [-0.2, -0.15) is 0 Å². The Balaban J connectivity index is 1.35. The number of unbranched alkanes of at least 4 members (excludes halogenated alkanes) is 1. The van der Waals surface area contributed by atoms with Crippen LogP contribution in [0.2, 0.25) is 5.02 Å². The summed E-state index contributed by atoms with van der Waals surface area (Å²) in [5.41, 5.74) is 2.55. The molecule has 1 aromatic heterocycles. The summed E-state index contributed by atoms with van der Waals surface area (Å²) in [5.74, 6) is 2.31. The normalized spacial score (nSPS) is 10.8. The quantitative estimate of drug-likeness (QED) is 0.316. The lowest BCUT2D eigenvalue weighted by Gasteiger charge is -2.11. The number of nitrogens with one attached hydrogen (secondary N) is 1. The highest BCUT2D eigenvalue weighted by Crippen LogP contribution is 2.19. The van der Waals surface area contributed by atoms with E-state index in [0.29, 0.717) is 23.7 Å². The van der Waals surface area contributed by atoms with E-state index in [1.165, 1.54) is 0 Å². The van der Waals surface area contributed by atoms with E-state index in [0.717, 1.165) is 47.7 Å². The van der Waals surface area contributed by atoms with E-state index in [2.05, 4.69) is 16.0 Å². The van der Waals surface area contributed by atoms with Crippen molar-refractivity contribution < 1.29 is 14.3 Å². The molecule has 0 aliphatic rings. The minimum absolute atomic E-state index is 0.154. The number of ether oxygens (including phenoxy) is 2. The number of carbonyl (C=O) groups is 1. The van der Waals surface area contributed by atoms with Crippen molar-refractivity contribution in [2.75, 3.05) is 13.7 Å². The minimum Gasteiger partial charge on any atom is -0.497 e. The molecule has 0 aliphatic carbocycles. The Morgan fingerprint density at radius 2 is 1.70 bits per heavy atom. The molecule has 1 N–H and O–H groups in total. The predicted octanol–water partition coefficient (Wildman–Crippen LogP) is 5.49. The number of amides is 1. The maximum absolute atomic E-state index is 12.5. The maximum Gasteiger partial charge on any atom is 0.251 e. The van der Waals surface area contributed by atoms with Gasteiger partial charge in [0.2, 0.25) is 0 Å². The third kappa shape index (κ3) is 5.84. The van der Waals surface area contributed by atoms with Gasteiger partial charge >= 0.3 is 0 Å². The molecule has 1 heterocycles. The molecule has 170 valence electrons. The first kappa shape index (κ1) is 22.7. The van der Waals surface area contributed by atoms with Gasteiger partial charge in [-0.15, -0.1) is 0 Å². The zero-order valence-electron chi connectivity index (χ0n) is 18.5. The van der Waals surface area contributed by atoms with E-state index in [-0.39, 0.29) is 5.91 Å². The second-order valence-electron chi connectivity index (χ2n) is 7.59. The summed E-state index contributed by atoms with van der Waals surface area (Å²) < 4.78 is 13.2. The van der Waals surface area contributed by atoms with Crippen LogP contribution in [0.25, 0.3) is 11.0 Å². The number of aromatic nitrogens is 2. The summed E-state index contributed by atoms with van der Waals surface area (Å²) in [6, 6.07) is 22.4. The number of para-hydroxylation sites is 2. The topological polar surface area (TPSA) is 65.4 Å². The SMILES string of the molecule is COc1ccc(OCCCCn2c(CNC(=O)c3ccc(Cl)cc3)nc3ccccc32)cc1. The number of fused-ring (bicyclic) bond motifs is 1. The Labute approximate surface area is 198 Å². The number of aryl methyl sites for hydroxylation is 1. The van der Waals surface area contributed by atoms with Gasteiger partial charge < -0.3 is 19.4 Å². The Hall–Kier alpha value is -3.51. The Morgan fingerprint density at radius 3 is 2.45 bits per heavy atom. The minimum atomic E-state index is -0.154. The molecule has 3 aromatic carbocycles. The summed E-state index contributed by atoms with van der Waals surface area (Å²) in [7, 11) is 1.65. The fourth-order valence-electron chi connectivity index (χ4n) is 3.61. The van der Waals surface area contributed by atoms with Crippen LogP contribution in [0.1, 0.15) is 29.0 Å². The number of imidazole rings is 1. The molecule has 0 unspecified atom stereocenters. The number of hydrogen-bond acceptors (Lipinski definition) is 4. The van der Waals surface area contributed by atoms with E-state index in [1.54, 1.807) is 31.4 Å². The predicted molar refractivity (Wildman–Crippen MR) is 130 cm³/mol. The number of hydrogen-bond donors (Lipinski definition) is 1. The second kappa shape index (κ2) is 10.9. The Morgan fingerprint density at radius 1 is 0.970 bits per heavy atom. The molecule has 1 amide bonds. The van der Waals surface area contributed by atoms with E-state index in [1.807, 2.05) is 42.5 Å². The van der Waals surface area contributed by atoms with Crippen molar-refractivity contribution in [2.24, 2.45) is 0 Å². The van der Waals surface area contributed by atoms with Gasteiger partial charge in [0, 0.05) is 17.1 Å². The van der Waals surface area contributed by atoms with Crippen molar-refractivity contribution in [3.8, 4) is 11.5 Å². The van der Waals surface area contributed by atoms with Gasteiger partial charge in [0.05, 0.1) is 31.3 Å². The third-order valence-electron chi connectivity index (χ3n) is 5.35. The molecular formula is C26H26ClN3O3. The molecule has 4 aromatic rings. The van der Waals surface area contributed by atoms with Crippen LogP contribution < -0.4 is 14.8 Å². The molecule has 0 fully saturated rings. The van der Waals surface area contributed by atoms with Crippen molar-refractivity contribution in [3.05, 3.63) is 89.2 Å². The van der Waals surface area contributed by atoms with Gasteiger partial charge in [0.15, 0.2) is 0 Å². The van der Waals surface area contributed by atoms with Crippen molar-refractivity contribution in [1.29, 1.82) is 0 Å². The fourth-order valence-corrected chi connectivity index (χ4v) is 3.73. The molecule has 33 heavy (non-hydrogen) atoms. The summed E-state index contributed by atoms with van der Waals surface area (Å²) in [4.78, 5) is 17.3. The van der Waals surface area contributed by atoms with Crippen LogP contribution in [0, 0.1) is 0 Å². The highest BCUT2D eigenvalue weighted by molar-refractivity contribution is 6.30. The van der Waals surface area contributed by atoms with Gasteiger partial charge in [0.1, 0.15) is 17.3 Å². The number of halogens is 1. The van der Waals surface area contributed by atoms with Crippen LogP contribution in [0.4, 0.5) is 0 Å². The van der Waals surface area contributed by atoms with Gasteiger partial charge in [-0.3, -0.25) is 4.79 Å². The zero-order chi connectivity index (χ0) is 23.0. The van der Waals surface area contributed by atoms with E-state index >= 15 is 0 Å². The number of rotatable bonds is 10. The monoisotopic (exact) mass is 463 g/mol. The molecule has 7 heteroatoms. The first-order valence-corrected chi connectivity index (χ1v) is 11.3. The fraction of sp³-hybridized carbons (Fsp3) is 0.231. The van der Waals surface area contributed by atoms with Gasteiger partial charge in [-0.05, 0) is 73.5 Å². The smallest absolute Gasteiger partial charge is 0.251 e. The molecule has 0 spiro atoms. The highest BCUT2D eigenvalue weighted by atomic mass is 35.5. The van der Waals surface area contributed by atoms with Crippen molar-refractivity contribution in [2.45, 2.75) is 25.9 Å². The molecule has 6 nitrogen and oxygen atoms in total. The number of methoxy groups -OCH3 is 1. The van der Waals surface area contributed by atoms with Crippen molar-refractivity contribution in [1.82, 2.24) is 14.9 Å². The summed E-state index contributed by atoms with van der Waals surface area (Å²) in [6.07, 6.45) is 1.82. The van der Waals surface area contributed by atoms with E-state index in [4.69, 9.17) is 26.1 Å². The summed E-state index contributed by atoms with van der Waals surface area (Å²) in [5, 5.41) is 3.57. The van der Waals surface area contributed by atoms with Crippen LogP contribution in [-0.2, 0) is 13.1 Å². The average molecular weight is 464 g/mol. The van der Waals surface area contributed by atoms with Gasteiger partial charge in [0.25, 0.3) is 5.91 Å². The van der Waals surface area contributed by atoms with E-state index in [9.17, 15) is 4.79 Å². The molecule has 0 atom stereocenters. The molecule has 0 saturated heterocycles. The number of carbonyl (C=O) groups excluding carboxylic acids is 1. The molecule has 4 rings (SSSR count). The van der Waals surface area contributed by atoms with E-state index < -0.39 is 0 Å². The molecule has 0 radical (unpaired) electrons. The van der Waals surface area contributed by atoms with Crippen molar-refractivity contribution in [3.63, 3.8) is 0 Å². The number of nitrogens with zero attached hydrogens (tertiary/aromatic N) is 2. The largest absolute Gasteiger partial charge is 0.497 e. The number of benzene rings is 3. The lowest BCUT2D eigenvalue weighted by atomic mass is 10.2. The first-order valence-electron chi connectivity index (χ1n) is 10.9. The standard InChI is InChI=1S/C26H26ClN3O3/c1-32-21-12-14-22(15-13-21)33-17-5-4-16-30-24-7-3-2-6-23(24)29-25(30)18-28-26(31)19-8-10-20(27)11-9-19/h2-3,6-15H,4-5,16-18H2,1H3,(H,28,31). The third-order valence-corrected chi connectivity index (χ3v) is 5.60. The summed E-state index contributed by atoms with van der Waals surface area (Å²) in [6.45, 7) is 1.76. The maximum atomic E-state index is 12.5. The van der Waals surface area contributed by atoms with Crippen LogP contribution >= 0.6 is 11.6 Å². The Kier molecular flexibility index (Phi) is 7.47. The van der Waals surface area contributed by atoms with Gasteiger partial charge in [-0.1, -0.05) is 23.7 Å². The molecule has 0 bridgehead atoms. The average Bonchev–Trinajstić information content (AvgIpc) is 3.20.